The van der Waals surface area contributed by atoms with Gasteiger partial charge < -0.3 is 4.74 Å². The standard InChI is InChI=1S/C4H6O7/c1-3(8-10-5-1)7-4-2-6-11-9-4/h3-4H,1-2H2. The van der Waals surface area contributed by atoms with Crippen molar-refractivity contribution < 1.29 is 34.4 Å². The van der Waals surface area contributed by atoms with Crippen molar-refractivity contribution >= 4 is 0 Å². The second-order valence-corrected chi connectivity index (χ2v) is 1.89. The Morgan fingerprint density at radius 1 is 0.909 bits per heavy atom. The van der Waals surface area contributed by atoms with Gasteiger partial charge in [0.2, 0.25) is 12.6 Å². The van der Waals surface area contributed by atoms with Crippen LogP contribution in [-0.4, -0.2) is 25.8 Å². The molecule has 64 valence electrons. The summed E-state index contributed by atoms with van der Waals surface area (Å²) in [4.78, 5) is 17.7. The van der Waals surface area contributed by atoms with Crippen LogP contribution in [0.25, 0.3) is 0 Å². The van der Waals surface area contributed by atoms with Crippen LogP contribution >= 0.6 is 0 Å². The predicted molar refractivity (Wildman–Crippen MR) is 24.9 cm³/mol. The lowest BCUT2D eigenvalue weighted by molar-refractivity contribution is -0.494. The van der Waals surface area contributed by atoms with E-state index in [9.17, 15) is 0 Å². The third kappa shape index (κ3) is 1.84. The van der Waals surface area contributed by atoms with Gasteiger partial charge >= 0.3 is 0 Å². The summed E-state index contributed by atoms with van der Waals surface area (Å²) in [6, 6.07) is 0. The molecule has 0 aromatic carbocycles. The van der Waals surface area contributed by atoms with Crippen molar-refractivity contribution in [2.75, 3.05) is 13.2 Å². The Morgan fingerprint density at radius 2 is 1.45 bits per heavy atom. The average molecular weight is 166 g/mol. The van der Waals surface area contributed by atoms with Crippen molar-refractivity contribution in [3.05, 3.63) is 0 Å². The second kappa shape index (κ2) is 3.41. The maximum atomic E-state index is 5.03. The van der Waals surface area contributed by atoms with Gasteiger partial charge in [-0.3, -0.25) is 0 Å². The molecule has 0 amide bonds. The van der Waals surface area contributed by atoms with Gasteiger partial charge in [-0.05, 0) is 0 Å². The number of hydrogen-bond donors (Lipinski definition) is 0. The minimum atomic E-state index is -0.592. The first-order valence-corrected chi connectivity index (χ1v) is 3.00. The van der Waals surface area contributed by atoms with E-state index in [1.54, 1.807) is 0 Å². The van der Waals surface area contributed by atoms with Gasteiger partial charge in [-0.2, -0.15) is 9.78 Å². The van der Waals surface area contributed by atoms with Crippen LogP contribution < -0.4 is 0 Å². The fourth-order valence-corrected chi connectivity index (χ4v) is 0.659. The third-order valence-electron chi connectivity index (χ3n) is 1.10. The van der Waals surface area contributed by atoms with Crippen molar-refractivity contribution in [3.63, 3.8) is 0 Å². The number of ether oxygens (including phenoxy) is 1. The molecular formula is C4H6O7. The van der Waals surface area contributed by atoms with E-state index in [0.717, 1.165) is 0 Å². The van der Waals surface area contributed by atoms with Crippen molar-refractivity contribution in [1.82, 2.24) is 0 Å². The molecule has 0 aromatic heterocycles. The average Bonchev–Trinajstić information content (AvgIpc) is 2.60. The predicted octanol–water partition coefficient (Wildman–Crippen LogP) is -0.558. The molecule has 2 atom stereocenters. The zero-order valence-corrected chi connectivity index (χ0v) is 5.43. The highest BCUT2D eigenvalue weighted by Gasteiger charge is 2.28. The molecule has 0 radical (unpaired) electrons. The Hall–Kier alpha value is -0.280. The number of hydrogen-bond acceptors (Lipinski definition) is 7. The van der Waals surface area contributed by atoms with Crippen molar-refractivity contribution in [2.24, 2.45) is 0 Å². The van der Waals surface area contributed by atoms with E-state index in [1.807, 2.05) is 0 Å². The summed E-state index contributed by atoms with van der Waals surface area (Å²) in [5, 5.41) is 8.21. The van der Waals surface area contributed by atoms with Crippen LogP contribution in [0.2, 0.25) is 0 Å². The van der Waals surface area contributed by atoms with E-state index < -0.39 is 12.6 Å². The van der Waals surface area contributed by atoms with E-state index in [1.165, 1.54) is 0 Å². The van der Waals surface area contributed by atoms with Crippen LogP contribution in [0.5, 0.6) is 0 Å². The molecule has 7 nitrogen and oxygen atoms in total. The fraction of sp³-hybridized carbons (Fsp3) is 1.00. The fourth-order valence-electron chi connectivity index (χ4n) is 0.659. The molecule has 2 rings (SSSR count). The Labute approximate surface area is 61.3 Å². The Balaban J connectivity index is 1.71. The molecular weight excluding hydrogens is 160 g/mol. The van der Waals surface area contributed by atoms with Crippen molar-refractivity contribution in [1.29, 1.82) is 0 Å². The summed E-state index contributed by atoms with van der Waals surface area (Å²) >= 11 is 0. The maximum Gasteiger partial charge on any atom is 0.223 e. The summed E-state index contributed by atoms with van der Waals surface area (Å²) in [5.74, 6) is 0. The molecule has 2 aliphatic heterocycles. The van der Waals surface area contributed by atoms with E-state index in [-0.39, 0.29) is 13.2 Å². The molecule has 0 saturated carbocycles. The summed E-state index contributed by atoms with van der Waals surface area (Å²) in [6.45, 7) is 0.389. The quantitative estimate of drug-likeness (QED) is 0.509. The first-order chi connectivity index (χ1) is 5.45. The Kier molecular flexibility index (Phi) is 2.29. The molecule has 2 heterocycles. The van der Waals surface area contributed by atoms with Crippen LogP contribution in [0.4, 0.5) is 0 Å². The smallest absolute Gasteiger partial charge is 0.223 e. The summed E-state index contributed by atoms with van der Waals surface area (Å²) in [6.07, 6.45) is -1.18. The SMILES string of the molecule is C1OOOC1OC1COOO1. The van der Waals surface area contributed by atoms with Gasteiger partial charge in [0.15, 0.2) is 0 Å². The molecule has 0 aromatic rings. The lowest BCUT2D eigenvalue weighted by atomic mass is 10.6. The van der Waals surface area contributed by atoms with Crippen LogP contribution in [0.1, 0.15) is 0 Å². The largest absolute Gasteiger partial charge is 0.312 e. The highest BCUT2D eigenvalue weighted by molar-refractivity contribution is 4.45. The lowest BCUT2D eigenvalue weighted by Crippen LogP contribution is -2.24. The molecule has 0 bridgehead atoms. The highest BCUT2D eigenvalue weighted by Crippen LogP contribution is 2.13. The molecule has 2 fully saturated rings. The molecule has 0 N–H and O–H groups in total. The van der Waals surface area contributed by atoms with Crippen molar-refractivity contribution in [3.8, 4) is 0 Å². The summed E-state index contributed by atoms with van der Waals surface area (Å²) in [7, 11) is 0. The first kappa shape index (κ1) is 7.37. The molecule has 2 saturated heterocycles. The van der Waals surface area contributed by atoms with E-state index >= 15 is 0 Å². The first-order valence-electron chi connectivity index (χ1n) is 3.00. The second-order valence-electron chi connectivity index (χ2n) is 1.89. The topological polar surface area (TPSA) is 64.6 Å². The molecule has 7 heteroatoms. The van der Waals surface area contributed by atoms with Gasteiger partial charge in [0.25, 0.3) is 0 Å². The molecule has 11 heavy (non-hydrogen) atoms. The summed E-state index contributed by atoms with van der Waals surface area (Å²) in [5.41, 5.74) is 0. The highest BCUT2D eigenvalue weighted by atomic mass is 17.6. The van der Waals surface area contributed by atoms with Crippen LogP contribution in [0, 0.1) is 0 Å². The minimum absolute atomic E-state index is 0.194. The Bertz CT molecular complexity index is 102. The summed E-state index contributed by atoms with van der Waals surface area (Å²) < 4.78 is 5.03. The molecule has 0 aliphatic carbocycles. The van der Waals surface area contributed by atoms with E-state index in [2.05, 4.69) is 29.6 Å². The Morgan fingerprint density at radius 3 is 1.82 bits per heavy atom. The lowest BCUT2D eigenvalue weighted by Gasteiger charge is -2.08. The van der Waals surface area contributed by atoms with Gasteiger partial charge in [0.05, 0.1) is 0 Å². The monoisotopic (exact) mass is 166 g/mol. The zero-order valence-electron chi connectivity index (χ0n) is 5.43. The number of rotatable bonds is 2. The van der Waals surface area contributed by atoms with Gasteiger partial charge in [-0.15, -0.1) is 0 Å². The molecule has 2 unspecified atom stereocenters. The van der Waals surface area contributed by atoms with Crippen molar-refractivity contribution in [2.45, 2.75) is 12.6 Å². The van der Waals surface area contributed by atoms with Crippen LogP contribution in [0.3, 0.4) is 0 Å². The van der Waals surface area contributed by atoms with Gasteiger partial charge in [0.1, 0.15) is 13.2 Å². The minimum Gasteiger partial charge on any atom is -0.312 e. The zero-order chi connectivity index (χ0) is 7.52. The van der Waals surface area contributed by atoms with Crippen LogP contribution in [-0.2, 0) is 34.4 Å². The maximum absolute atomic E-state index is 5.03. The van der Waals surface area contributed by atoms with Gasteiger partial charge in [-0.25, -0.2) is 9.78 Å². The van der Waals surface area contributed by atoms with E-state index in [4.69, 9.17) is 4.74 Å². The molecule has 2 aliphatic rings. The van der Waals surface area contributed by atoms with Crippen LogP contribution in [0.15, 0.2) is 0 Å². The van der Waals surface area contributed by atoms with E-state index in [0.29, 0.717) is 0 Å². The normalized spacial score (nSPS) is 38.2. The van der Waals surface area contributed by atoms with Gasteiger partial charge in [-0.1, -0.05) is 10.1 Å². The molecule has 0 spiro atoms. The van der Waals surface area contributed by atoms with Gasteiger partial charge in [0, 0.05) is 0 Å². The third-order valence-corrected chi connectivity index (χ3v) is 1.10.